The van der Waals surface area contributed by atoms with Crippen LogP contribution in [0.1, 0.15) is 5.56 Å². The summed E-state index contributed by atoms with van der Waals surface area (Å²) < 4.78 is 10.7. The molecule has 0 atom stereocenters. The molecule has 2 heterocycles. The molecule has 3 aromatic rings. The van der Waals surface area contributed by atoms with Crippen LogP contribution in [0.4, 0.5) is 34.6 Å². The number of hydrogen-bond acceptors (Lipinski definition) is 12. The number of likely N-dealkylation sites (N-methyl/N-ethyl adjacent to an activating group) is 2. The van der Waals surface area contributed by atoms with Crippen LogP contribution in [0.15, 0.2) is 42.7 Å². The van der Waals surface area contributed by atoms with Gasteiger partial charge in [0.2, 0.25) is 11.9 Å². The Morgan fingerprint density at radius 1 is 1.11 bits per heavy atom. The molecule has 0 aliphatic carbocycles. The zero-order valence-electron chi connectivity index (χ0n) is 21.1. The number of aromatic nitrogens is 3. The van der Waals surface area contributed by atoms with Gasteiger partial charge in [-0.15, -0.1) is 0 Å². The first-order valence-electron chi connectivity index (χ1n) is 11.5. The van der Waals surface area contributed by atoms with Crippen molar-refractivity contribution in [3.8, 4) is 5.75 Å². The summed E-state index contributed by atoms with van der Waals surface area (Å²) >= 11 is 0. The Kier molecular flexibility index (Phi) is 7.66. The van der Waals surface area contributed by atoms with E-state index in [1.807, 2.05) is 42.1 Å². The van der Waals surface area contributed by atoms with E-state index in [1.165, 1.54) is 19.5 Å². The molecule has 13 heteroatoms. The molecular formula is C24H30N8O5. The van der Waals surface area contributed by atoms with E-state index < -0.39 is 10.5 Å². The van der Waals surface area contributed by atoms with E-state index >= 15 is 0 Å². The third-order valence-electron chi connectivity index (χ3n) is 5.96. The number of nitrogens with zero attached hydrogens (tertiary/aromatic N) is 6. The molecule has 0 radical (unpaired) electrons. The predicted octanol–water partition coefficient (Wildman–Crippen LogP) is 2.49. The highest BCUT2D eigenvalue weighted by Crippen LogP contribution is 2.39. The monoisotopic (exact) mass is 510 g/mol. The second-order valence-corrected chi connectivity index (χ2v) is 8.98. The number of para-hydroxylation sites is 1. The average molecular weight is 511 g/mol. The number of benzene rings is 2. The molecule has 37 heavy (non-hydrogen) atoms. The number of anilines is 5. The first-order chi connectivity index (χ1) is 17.7. The van der Waals surface area contributed by atoms with E-state index in [9.17, 15) is 15.2 Å². The first kappa shape index (κ1) is 26.0. The number of ether oxygens (including phenoxy) is 2. The van der Waals surface area contributed by atoms with Gasteiger partial charge in [-0.05, 0) is 20.2 Å². The lowest BCUT2D eigenvalue weighted by Gasteiger charge is -2.37. The van der Waals surface area contributed by atoms with Crippen LogP contribution in [0.25, 0.3) is 0 Å². The van der Waals surface area contributed by atoms with E-state index in [0.29, 0.717) is 34.9 Å². The minimum Gasteiger partial charge on any atom is -0.494 e. The Bertz CT molecular complexity index is 1270. The molecule has 0 amide bonds. The van der Waals surface area contributed by atoms with Crippen molar-refractivity contribution >= 4 is 34.6 Å². The van der Waals surface area contributed by atoms with E-state index in [1.54, 1.807) is 19.2 Å². The summed E-state index contributed by atoms with van der Waals surface area (Å²) in [6.45, 7) is 1.72. The third-order valence-corrected chi connectivity index (χ3v) is 5.96. The topological polar surface area (TPSA) is 151 Å². The molecule has 0 unspecified atom stereocenters. The molecule has 1 aliphatic rings. The van der Waals surface area contributed by atoms with Crippen molar-refractivity contribution in [1.29, 1.82) is 0 Å². The molecule has 0 spiro atoms. The maximum absolute atomic E-state index is 11.9. The number of rotatable bonds is 11. The van der Waals surface area contributed by atoms with Crippen LogP contribution in [0.3, 0.4) is 0 Å². The van der Waals surface area contributed by atoms with Crippen molar-refractivity contribution in [1.82, 2.24) is 19.9 Å². The summed E-state index contributed by atoms with van der Waals surface area (Å²) in [5.41, 5.74) is 0.901. The number of nitro benzene ring substituents is 1. The highest BCUT2D eigenvalue weighted by molar-refractivity contribution is 5.76. The van der Waals surface area contributed by atoms with Gasteiger partial charge in [0, 0.05) is 43.5 Å². The van der Waals surface area contributed by atoms with Gasteiger partial charge in [-0.3, -0.25) is 10.1 Å². The van der Waals surface area contributed by atoms with E-state index in [4.69, 9.17) is 9.47 Å². The SMILES string of the molecule is COc1cc(N(C)CCN(C)C)c([N+](=O)[O-])cc1Nc1ncnc(Nc2ccccc2C2(O)COC2)n1. The van der Waals surface area contributed by atoms with Crippen molar-refractivity contribution in [2.45, 2.75) is 5.60 Å². The van der Waals surface area contributed by atoms with E-state index in [2.05, 4.69) is 25.6 Å². The van der Waals surface area contributed by atoms with Crippen molar-refractivity contribution in [2.75, 3.05) is 70.1 Å². The second-order valence-electron chi connectivity index (χ2n) is 8.98. The Morgan fingerprint density at radius 2 is 1.78 bits per heavy atom. The van der Waals surface area contributed by atoms with Crippen molar-refractivity contribution < 1.29 is 19.5 Å². The number of aliphatic hydroxyl groups is 1. The zero-order valence-corrected chi connectivity index (χ0v) is 21.1. The maximum Gasteiger partial charge on any atom is 0.294 e. The molecule has 1 saturated heterocycles. The van der Waals surface area contributed by atoms with Crippen LogP contribution in [0.2, 0.25) is 0 Å². The summed E-state index contributed by atoms with van der Waals surface area (Å²) in [5.74, 6) is 0.772. The lowest BCUT2D eigenvalue weighted by molar-refractivity contribution is -0.384. The van der Waals surface area contributed by atoms with Crippen LogP contribution >= 0.6 is 0 Å². The lowest BCUT2D eigenvalue weighted by atomic mass is 9.90. The Morgan fingerprint density at radius 3 is 2.38 bits per heavy atom. The van der Waals surface area contributed by atoms with Crippen LogP contribution < -0.4 is 20.3 Å². The zero-order chi connectivity index (χ0) is 26.6. The van der Waals surface area contributed by atoms with Crippen molar-refractivity contribution in [3.63, 3.8) is 0 Å². The highest BCUT2D eigenvalue weighted by Gasteiger charge is 2.39. The van der Waals surface area contributed by atoms with Crippen LogP contribution in [0.5, 0.6) is 5.75 Å². The van der Waals surface area contributed by atoms with E-state index in [0.717, 1.165) is 6.54 Å². The molecule has 1 fully saturated rings. The normalized spacial score (nSPS) is 14.1. The molecule has 196 valence electrons. The minimum atomic E-state index is -1.08. The van der Waals surface area contributed by atoms with Crippen LogP contribution in [-0.2, 0) is 10.3 Å². The number of methoxy groups -OCH3 is 1. The van der Waals surface area contributed by atoms with Gasteiger partial charge in [-0.25, -0.2) is 9.97 Å². The number of nitro groups is 1. The van der Waals surface area contributed by atoms with E-state index in [-0.39, 0.29) is 30.8 Å². The maximum atomic E-state index is 11.9. The molecule has 1 aliphatic heterocycles. The van der Waals surface area contributed by atoms with Gasteiger partial charge < -0.3 is 35.0 Å². The first-order valence-corrected chi connectivity index (χ1v) is 11.5. The fraction of sp³-hybridized carbons (Fsp3) is 0.375. The third kappa shape index (κ3) is 5.85. The molecule has 1 aromatic heterocycles. The smallest absolute Gasteiger partial charge is 0.294 e. The summed E-state index contributed by atoms with van der Waals surface area (Å²) in [6.07, 6.45) is 1.31. The number of nitrogens with one attached hydrogen (secondary N) is 2. The standard InChI is InChI=1S/C24H30N8O5/c1-30(2)9-10-31(3)19-12-21(36-4)18(11-20(19)32(34)35)28-23-26-15-25-22(29-23)27-17-8-6-5-7-16(17)24(33)13-37-14-24/h5-8,11-12,15,33H,9-10,13-14H2,1-4H3,(H2,25,26,27,28,29). The van der Waals surface area contributed by atoms with Gasteiger partial charge in [0.05, 0.1) is 30.9 Å². The number of hydrogen-bond donors (Lipinski definition) is 3. The molecule has 4 rings (SSSR count). The summed E-state index contributed by atoms with van der Waals surface area (Å²) in [4.78, 5) is 28.0. The van der Waals surface area contributed by atoms with Gasteiger partial charge in [0.1, 0.15) is 23.4 Å². The van der Waals surface area contributed by atoms with Gasteiger partial charge in [0.15, 0.2) is 0 Å². The second kappa shape index (κ2) is 10.9. The van der Waals surface area contributed by atoms with Gasteiger partial charge in [-0.2, -0.15) is 4.98 Å². The Balaban J connectivity index is 1.60. The molecule has 13 nitrogen and oxygen atoms in total. The Hall–Kier alpha value is -4.07. The fourth-order valence-electron chi connectivity index (χ4n) is 3.85. The summed E-state index contributed by atoms with van der Waals surface area (Å²) in [5, 5.41) is 28.7. The highest BCUT2D eigenvalue weighted by atomic mass is 16.6. The van der Waals surface area contributed by atoms with Crippen molar-refractivity contribution in [2.24, 2.45) is 0 Å². The molecule has 2 aromatic carbocycles. The summed E-state index contributed by atoms with van der Waals surface area (Å²) in [7, 11) is 7.17. The summed E-state index contributed by atoms with van der Waals surface area (Å²) in [6, 6.07) is 10.3. The molecular weight excluding hydrogens is 480 g/mol. The molecule has 0 bridgehead atoms. The van der Waals surface area contributed by atoms with Crippen LogP contribution in [-0.4, -0.2) is 84.4 Å². The van der Waals surface area contributed by atoms with Gasteiger partial charge >= 0.3 is 0 Å². The predicted molar refractivity (Wildman–Crippen MR) is 139 cm³/mol. The minimum absolute atomic E-state index is 0.0816. The average Bonchev–Trinajstić information content (AvgIpc) is 2.86. The molecule has 3 N–H and O–H groups in total. The Labute approximate surface area is 214 Å². The van der Waals surface area contributed by atoms with Gasteiger partial charge in [-0.1, -0.05) is 18.2 Å². The lowest BCUT2D eigenvalue weighted by Crippen LogP contribution is -2.46. The van der Waals surface area contributed by atoms with Crippen LogP contribution in [0, 0.1) is 10.1 Å². The largest absolute Gasteiger partial charge is 0.494 e. The quantitative estimate of drug-likeness (QED) is 0.257. The molecule has 0 saturated carbocycles. The van der Waals surface area contributed by atoms with Gasteiger partial charge in [0.25, 0.3) is 5.69 Å². The fourth-order valence-corrected chi connectivity index (χ4v) is 3.85. The van der Waals surface area contributed by atoms with Crippen molar-refractivity contribution in [3.05, 3.63) is 58.4 Å².